The first-order valence-corrected chi connectivity index (χ1v) is 12.3. The predicted molar refractivity (Wildman–Crippen MR) is 130 cm³/mol. The van der Waals surface area contributed by atoms with Gasteiger partial charge < -0.3 is 20.1 Å². The fraction of sp³-hybridized carbons (Fsp3) is 0.458. The lowest BCUT2D eigenvalue weighted by atomic mass is 9.88. The number of rotatable bonds is 6. The van der Waals surface area contributed by atoms with Crippen LogP contribution in [-0.4, -0.2) is 90.4 Å². The molecule has 1 aromatic carbocycles. The van der Waals surface area contributed by atoms with Gasteiger partial charge in [0.15, 0.2) is 5.82 Å². The first-order chi connectivity index (χ1) is 18.7. The molecule has 4 aromatic rings. The van der Waals surface area contributed by atoms with Crippen LogP contribution >= 0.6 is 0 Å². The zero-order valence-electron chi connectivity index (χ0n) is 20.7. The van der Waals surface area contributed by atoms with Crippen LogP contribution in [0.3, 0.4) is 0 Å². The van der Waals surface area contributed by atoms with Crippen molar-refractivity contribution in [1.29, 1.82) is 0 Å². The highest BCUT2D eigenvalue weighted by atomic mass is 19.3. The number of anilines is 1. The van der Waals surface area contributed by atoms with Crippen LogP contribution in [0.25, 0.3) is 27.7 Å². The van der Waals surface area contributed by atoms with Gasteiger partial charge in [-0.2, -0.15) is 4.98 Å². The van der Waals surface area contributed by atoms with E-state index in [0.717, 1.165) is 6.20 Å². The maximum atomic E-state index is 15.4. The van der Waals surface area contributed by atoms with Crippen LogP contribution < -0.4 is 10.1 Å². The van der Waals surface area contributed by atoms with Gasteiger partial charge in [-0.15, -0.1) is 10.2 Å². The van der Waals surface area contributed by atoms with E-state index in [1.165, 1.54) is 21.2 Å². The number of piperidine rings is 1. The summed E-state index contributed by atoms with van der Waals surface area (Å²) in [6, 6.07) is 3.67. The Morgan fingerprint density at radius 3 is 2.79 bits per heavy atom. The Morgan fingerprint density at radius 2 is 2.10 bits per heavy atom. The van der Waals surface area contributed by atoms with Crippen molar-refractivity contribution >= 4 is 28.4 Å². The number of nitrogens with zero attached hydrogens (tertiary/aromatic N) is 7. The fourth-order valence-electron chi connectivity index (χ4n) is 5.22. The molecule has 2 fully saturated rings. The number of hydrogen-bond acceptors (Lipinski definition) is 8. The summed E-state index contributed by atoms with van der Waals surface area (Å²) in [6.45, 7) is -0.637. The second-order valence-corrected chi connectivity index (χ2v) is 9.80. The number of carbonyl (C=O) groups is 1. The van der Waals surface area contributed by atoms with Crippen molar-refractivity contribution in [3.8, 4) is 17.0 Å². The second kappa shape index (κ2) is 9.32. The Morgan fingerprint density at radius 1 is 1.31 bits per heavy atom. The molecule has 15 heteroatoms. The summed E-state index contributed by atoms with van der Waals surface area (Å²) in [5.74, 6) is -3.89. The minimum absolute atomic E-state index is 0.000810. The first-order valence-electron chi connectivity index (χ1n) is 12.3. The number of aliphatic hydroxyl groups excluding tert-OH is 1. The number of halogens is 4. The van der Waals surface area contributed by atoms with Gasteiger partial charge in [0.25, 0.3) is 5.92 Å². The Kier molecular flexibility index (Phi) is 6.04. The lowest BCUT2D eigenvalue weighted by Crippen LogP contribution is -2.50. The van der Waals surface area contributed by atoms with Crippen molar-refractivity contribution in [2.75, 3.05) is 32.1 Å². The van der Waals surface area contributed by atoms with E-state index in [-0.39, 0.29) is 55.3 Å². The molecule has 1 aliphatic carbocycles. The third-order valence-corrected chi connectivity index (χ3v) is 7.26. The number of nitrogens with one attached hydrogen (secondary N) is 1. The molecule has 0 radical (unpaired) electrons. The van der Waals surface area contributed by atoms with Crippen LogP contribution in [-0.2, 0) is 4.79 Å². The van der Waals surface area contributed by atoms with Gasteiger partial charge >= 0.3 is 0 Å². The van der Waals surface area contributed by atoms with Crippen LogP contribution in [0.1, 0.15) is 25.3 Å². The van der Waals surface area contributed by atoms with Gasteiger partial charge in [0.2, 0.25) is 17.7 Å². The minimum atomic E-state index is -2.74. The molecule has 39 heavy (non-hydrogen) atoms. The van der Waals surface area contributed by atoms with Crippen LogP contribution in [0.2, 0.25) is 0 Å². The van der Waals surface area contributed by atoms with Gasteiger partial charge in [0.05, 0.1) is 43.0 Å². The van der Waals surface area contributed by atoms with E-state index in [1.807, 2.05) is 0 Å². The molecule has 206 valence electrons. The van der Waals surface area contributed by atoms with Crippen molar-refractivity contribution in [3.05, 3.63) is 30.2 Å². The topological polar surface area (TPSA) is 123 Å². The number of carbonyl (C=O) groups excluding carboxylic acids is 1. The zero-order chi connectivity index (χ0) is 27.5. The summed E-state index contributed by atoms with van der Waals surface area (Å²) < 4.78 is 65.2. The summed E-state index contributed by atoms with van der Waals surface area (Å²) in [5.41, 5.74) is 1.75. The Hall–Kier alpha value is -4.01. The number of alkyl halides is 3. The normalized spacial score (nSPS) is 21.3. The molecular formula is C24H24F4N8O3. The standard InChI is InChI=1S/C24H24F4N8O3/c1-39-22-21-20(12-2-3-17-18(6-12)36(33-31-17)13-7-24(27,28)8-13)15(26)10-35(21)32-23(30-22)29-16-4-5-34(9-14(16)25)19(38)11-37/h2-3,6,10,13-14,16,37H,4-5,7-9,11H2,1H3,(H,29,32)/t14-,16+/m1/s1. The van der Waals surface area contributed by atoms with Crippen molar-refractivity contribution < 1.29 is 32.2 Å². The van der Waals surface area contributed by atoms with Crippen molar-refractivity contribution in [3.63, 3.8) is 0 Å². The van der Waals surface area contributed by atoms with Crippen LogP contribution in [0.4, 0.5) is 23.5 Å². The highest BCUT2D eigenvalue weighted by Crippen LogP contribution is 2.46. The first kappa shape index (κ1) is 25.3. The Balaban J connectivity index is 1.32. The summed E-state index contributed by atoms with van der Waals surface area (Å²) >= 11 is 0. The van der Waals surface area contributed by atoms with Gasteiger partial charge in [-0.05, 0) is 24.1 Å². The molecule has 1 saturated heterocycles. The fourth-order valence-corrected chi connectivity index (χ4v) is 5.22. The van der Waals surface area contributed by atoms with E-state index in [0.29, 0.717) is 16.6 Å². The zero-order valence-corrected chi connectivity index (χ0v) is 20.7. The SMILES string of the molecule is COc1nc(N[C@H]2CCN(C(=O)CO)C[C@H]2F)nn2cc(F)c(-c3ccc4nnn(C5CC(F)(F)C5)c4c3)c12. The van der Waals surface area contributed by atoms with Crippen molar-refractivity contribution in [2.45, 2.75) is 43.4 Å². The molecule has 0 bridgehead atoms. The number of likely N-dealkylation sites (tertiary alicyclic amines) is 1. The summed E-state index contributed by atoms with van der Waals surface area (Å²) in [4.78, 5) is 17.2. The highest BCUT2D eigenvalue weighted by molar-refractivity contribution is 5.90. The molecule has 1 saturated carbocycles. The Labute approximate surface area is 218 Å². The second-order valence-electron chi connectivity index (χ2n) is 9.80. The number of benzene rings is 1. The van der Waals surface area contributed by atoms with Crippen LogP contribution in [0.5, 0.6) is 5.88 Å². The van der Waals surface area contributed by atoms with Gasteiger partial charge in [0, 0.05) is 19.4 Å². The number of hydrogen-bond donors (Lipinski definition) is 2. The predicted octanol–water partition coefficient (Wildman–Crippen LogP) is 2.60. The van der Waals surface area contributed by atoms with E-state index in [1.54, 1.807) is 18.2 Å². The van der Waals surface area contributed by atoms with Gasteiger partial charge in [0.1, 0.15) is 23.8 Å². The van der Waals surface area contributed by atoms with Crippen LogP contribution in [0, 0.1) is 5.82 Å². The summed E-state index contributed by atoms with van der Waals surface area (Å²) in [6.07, 6.45) is -0.740. The van der Waals surface area contributed by atoms with Gasteiger partial charge in [-0.1, -0.05) is 11.3 Å². The average molecular weight is 549 g/mol. The molecule has 11 nitrogen and oxygen atoms in total. The molecule has 0 unspecified atom stereocenters. The van der Waals surface area contributed by atoms with Crippen LogP contribution in [0.15, 0.2) is 24.4 Å². The third kappa shape index (κ3) is 4.39. The largest absolute Gasteiger partial charge is 0.479 e. The number of amides is 1. The quantitative estimate of drug-likeness (QED) is 0.353. The maximum Gasteiger partial charge on any atom is 0.252 e. The number of aromatic nitrogens is 6. The summed E-state index contributed by atoms with van der Waals surface area (Å²) in [7, 11) is 1.36. The lowest BCUT2D eigenvalue weighted by molar-refractivity contribution is -0.136. The lowest BCUT2D eigenvalue weighted by Gasteiger charge is -2.34. The molecule has 1 amide bonds. The van der Waals surface area contributed by atoms with Gasteiger partial charge in [-0.25, -0.2) is 26.8 Å². The smallest absolute Gasteiger partial charge is 0.252 e. The number of fused-ring (bicyclic) bond motifs is 2. The molecule has 4 heterocycles. The monoisotopic (exact) mass is 548 g/mol. The van der Waals surface area contributed by atoms with E-state index in [2.05, 4.69) is 25.7 Å². The summed E-state index contributed by atoms with van der Waals surface area (Å²) in [5, 5.41) is 24.3. The van der Waals surface area contributed by atoms with Gasteiger partial charge in [-0.3, -0.25) is 4.79 Å². The van der Waals surface area contributed by atoms with E-state index in [9.17, 15) is 18.0 Å². The average Bonchev–Trinajstić information content (AvgIpc) is 3.46. The maximum absolute atomic E-state index is 15.4. The van der Waals surface area contributed by atoms with E-state index in [4.69, 9.17) is 9.84 Å². The molecule has 2 aliphatic rings. The molecular weight excluding hydrogens is 524 g/mol. The molecule has 2 atom stereocenters. The Bertz CT molecular complexity index is 1570. The van der Waals surface area contributed by atoms with E-state index < -0.39 is 42.5 Å². The minimum Gasteiger partial charge on any atom is -0.479 e. The molecule has 3 aromatic heterocycles. The number of ether oxygens (including phenoxy) is 1. The molecule has 0 spiro atoms. The van der Waals surface area contributed by atoms with Crippen molar-refractivity contribution in [2.24, 2.45) is 0 Å². The number of aliphatic hydroxyl groups is 1. The molecule has 6 rings (SSSR count). The van der Waals surface area contributed by atoms with Crippen molar-refractivity contribution in [1.82, 2.24) is 34.5 Å². The third-order valence-electron chi connectivity index (χ3n) is 7.26. The van der Waals surface area contributed by atoms with E-state index >= 15 is 4.39 Å². The molecule has 2 N–H and O–H groups in total. The molecule has 1 aliphatic heterocycles. The highest BCUT2D eigenvalue weighted by Gasteiger charge is 2.47. The number of methoxy groups -OCH3 is 1.